The van der Waals surface area contributed by atoms with Crippen molar-refractivity contribution >= 4 is 16.6 Å². The molecule has 0 amide bonds. The molecular formula is C15H20N4. The Morgan fingerprint density at radius 1 is 1.32 bits per heavy atom. The molecule has 19 heavy (non-hydrogen) atoms. The number of nitrogens with one attached hydrogen (secondary N) is 2. The minimum Gasteiger partial charge on any atom is -0.384 e. The molecule has 0 aliphatic carbocycles. The maximum atomic E-state index is 4.12. The number of aromatic nitrogens is 2. The highest BCUT2D eigenvalue weighted by atomic mass is 15.2. The van der Waals surface area contributed by atoms with Crippen LogP contribution in [0.3, 0.4) is 0 Å². The van der Waals surface area contributed by atoms with E-state index in [1.54, 1.807) is 0 Å². The molecule has 5 rings (SSSR count). The lowest BCUT2D eigenvalue weighted by Gasteiger charge is -2.45. The van der Waals surface area contributed by atoms with Crippen molar-refractivity contribution in [1.29, 1.82) is 0 Å². The highest BCUT2D eigenvalue weighted by Crippen LogP contribution is 2.32. The molecule has 100 valence electrons. The number of piperidine rings is 3. The second-order valence-electron chi connectivity index (χ2n) is 5.92. The standard InChI is InChI=1S/C15H20N4/c1-2-14(13-9-17-18-15(13)3-1)16-8-12-10-19-6-4-11(12)5-7-19/h1-3,9,11-12,16H,4-8,10H2,(H,17,18). The van der Waals surface area contributed by atoms with Crippen LogP contribution in [0.2, 0.25) is 0 Å². The van der Waals surface area contributed by atoms with Gasteiger partial charge in [-0.2, -0.15) is 5.10 Å². The molecule has 4 nitrogen and oxygen atoms in total. The third kappa shape index (κ3) is 2.00. The van der Waals surface area contributed by atoms with Gasteiger partial charge < -0.3 is 10.2 Å². The molecule has 0 radical (unpaired) electrons. The van der Waals surface area contributed by atoms with Gasteiger partial charge in [-0.05, 0) is 49.9 Å². The molecule has 1 atom stereocenters. The van der Waals surface area contributed by atoms with Crippen molar-refractivity contribution in [3.8, 4) is 0 Å². The second-order valence-corrected chi connectivity index (χ2v) is 5.92. The predicted octanol–water partition coefficient (Wildman–Crippen LogP) is 2.32. The average Bonchev–Trinajstić information content (AvgIpc) is 2.95. The van der Waals surface area contributed by atoms with Crippen LogP contribution in [0, 0.1) is 11.8 Å². The first-order valence-corrected chi connectivity index (χ1v) is 7.28. The monoisotopic (exact) mass is 256 g/mol. The Kier molecular flexibility index (Phi) is 2.69. The number of H-pyrrole nitrogens is 1. The fourth-order valence-electron chi connectivity index (χ4n) is 3.68. The maximum Gasteiger partial charge on any atom is 0.0671 e. The minimum absolute atomic E-state index is 0.810. The van der Waals surface area contributed by atoms with Crippen LogP contribution >= 0.6 is 0 Å². The third-order valence-electron chi connectivity index (χ3n) is 4.83. The summed E-state index contributed by atoms with van der Waals surface area (Å²) in [6, 6.07) is 6.31. The van der Waals surface area contributed by atoms with Crippen LogP contribution in [0.4, 0.5) is 5.69 Å². The van der Waals surface area contributed by atoms with Gasteiger partial charge in [-0.15, -0.1) is 0 Å². The van der Waals surface area contributed by atoms with Gasteiger partial charge in [-0.1, -0.05) is 6.07 Å². The molecule has 0 spiro atoms. The molecule has 1 aromatic heterocycles. The fourth-order valence-corrected chi connectivity index (χ4v) is 3.68. The topological polar surface area (TPSA) is 44.0 Å². The largest absolute Gasteiger partial charge is 0.384 e. The molecular weight excluding hydrogens is 236 g/mol. The van der Waals surface area contributed by atoms with Crippen molar-refractivity contribution in [3.05, 3.63) is 24.4 Å². The van der Waals surface area contributed by atoms with Gasteiger partial charge in [0.2, 0.25) is 0 Å². The van der Waals surface area contributed by atoms with Crippen LogP contribution in [0.5, 0.6) is 0 Å². The van der Waals surface area contributed by atoms with Crippen molar-refractivity contribution in [2.45, 2.75) is 12.8 Å². The second kappa shape index (κ2) is 4.53. The molecule has 3 fully saturated rings. The predicted molar refractivity (Wildman–Crippen MR) is 77.2 cm³/mol. The number of nitrogens with zero attached hydrogens (tertiary/aromatic N) is 2. The van der Waals surface area contributed by atoms with E-state index in [0.29, 0.717) is 0 Å². The first-order valence-electron chi connectivity index (χ1n) is 7.28. The molecule has 2 aromatic rings. The molecule has 3 aliphatic rings. The zero-order valence-electron chi connectivity index (χ0n) is 11.1. The molecule has 1 unspecified atom stereocenters. The lowest BCUT2D eigenvalue weighted by atomic mass is 9.79. The molecule has 4 heteroatoms. The smallest absolute Gasteiger partial charge is 0.0671 e. The van der Waals surface area contributed by atoms with Crippen molar-refractivity contribution in [3.63, 3.8) is 0 Å². The van der Waals surface area contributed by atoms with E-state index in [4.69, 9.17) is 0 Å². The Hall–Kier alpha value is -1.55. The van der Waals surface area contributed by atoms with E-state index in [9.17, 15) is 0 Å². The molecule has 4 heterocycles. The maximum absolute atomic E-state index is 4.12. The molecule has 0 saturated carbocycles. The number of aromatic amines is 1. The van der Waals surface area contributed by atoms with Crippen molar-refractivity contribution in [2.24, 2.45) is 11.8 Å². The Morgan fingerprint density at radius 3 is 3.00 bits per heavy atom. The molecule has 3 aliphatic heterocycles. The highest BCUT2D eigenvalue weighted by Gasteiger charge is 2.33. The Morgan fingerprint density at radius 2 is 2.21 bits per heavy atom. The first kappa shape index (κ1) is 11.3. The van der Waals surface area contributed by atoms with E-state index in [1.807, 2.05) is 6.20 Å². The summed E-state index contributed by atoms with van der Waals surface area (Å²) < 4.78 is 0. The summed E-state index contributed by atoms with van der Waals surface area (Å²) in [6.45, 7) is 5.00. The number of hydrogen-bond donors (Lipinski definition) is 2. The molecule has 1 aromatic carbocycles. The van der Waals surface area contributed by atoms with Crippen LogP contribution < -0.4 is 5.32 Å². The summed E-state index contributed by atoms with van der Waals surface area (Å²) in [6.07, 6.45) is 4.69. The lowest BCUT2D eigenvalue weighted by molar-refractivity contribution is 0.0574. The van der Waals surface area contributed by atoms with Crippen LogP contribution in [-0.4, -0.2) is 41.3 Å². The van der Waals surface area contributed by atoms with Crippen molar-refractivity contribution in [1.82, 2.24) is 15.1 Å². The van der Waals surface area contributed by atoms with Crippen LogP contribution in [0.25, 0.3) is 10.9 Å². The zero-order valence-corrected chi connectivity index (χ0v) is 11.1. The summed E-state index contributed by atoms with van der Waals surface area (Å²) >= 11 is 0. The number of hydrogen-bond acceptors (Lipinski definition) is 3. The van der Waals surface area contributed by atoms with E-state index < -0.39 is 0 Å². The van der Waals surface area contributed by atoms with E-state index in [1.165, 1.54) is 43.5 Å². The van der Waals surface area contributed by atoms with Crippen LogP contribution in [-0.2, 0) is 0 Å². The molecule has 2 bridgehead atoms. The quantitative estimate of drug-likeness (QED) is 0.885. The number of benzene rings is 1. The van der Waals surface area contributed by atoms with Gasteiger partial charge in [0, 0.05) is 24.2 Å². The summed E-state index contributed by atoms with van der Waals surface area (Å²) in [5.41, 5.74) is 2.32. The number of anilines is 1. The Balaban J connectivity index is 1.49. The van der Waals surface area contributed by atoms with E-state index in [0.717, 1.165) is 23.9 Å². The fraction of sp³-hybridized carbons (Fsp3) is 0.533. The molecule has 2 N–H and O–H groups in total. The first-order chi connectivity index (χ1) is 9.40. The van der Waals surface area contributed by atoms with Gasteiger partial charge in [0.15, 0.2) is 0 Å². The summed E-state index contributed by atoms with van der Waals surface area (Å²) in [5, 5.41) is 12.0. The van der Waals surface area contributed by atoms with E-state index >= 15 is 0 Å². The average molecular weight is 256 g/mol. The van der Waals surface area contributed by atoms with Gasteiger partial charge in [0.1, 0.15) is 0 Å². The van der Waals surface area contributed by atoms with E-state index in [-0.39, 0.29) is 0 Å². The van der Waals surface area contributed by atoms with Crippen LogP contribution in [0.15, 0.2) is 24.4 Å². The molecule has 3 saturated heterocycles. The zero-order chi connectivity index (χ0) is 12.7. The number of rotatable bonds is 3. The third-order valence-corrected chi connectivity index (χ3v) is 4.83. The Bertz CT molecular complexity index is 568. The summed E-state index contributed by atoms with van der Waals surface area (Å²) in [7, 11) is 0. The van der Waals surface area contributed by atoms with Gasteiger partial charge in [-0.3, -0.25) is 5.10 Å². The van der Waals surface area contributed by atoms with Gasteiger partial charge in [-0.25, -0.2) is 0 Å². The van der Waals surface area contributed by atoms with Gasteiger partial charge in [0.25, 0.3) is 0 Å². The normalized spacial score (nSPS) is 29.8. The van der Waals surface area contributed by atoms with E-state index in [2.05, 4.69) is 38.6 Å². The highest BCUT2D eigenvalue weighted by molar-refractivity contribution is 5.90. The van der Waals surface area contributed by atoms with Crippen LogP contribution in [0.1, 0.15) is 12.8 Å². The summed E-state index contributed by atoms with van der Waals surface area (Å²) in [4.78, 5) is 2.62. The van der Waals surface area contributed by atoms with Gasteiger partial charge >= 0.3 is 0 Å². The minimum atomic E-state index is 0.810. The Labute approximate surface area is 113 Å². The van der Waals surface area contributed by atoms with Gasteiger partial charge in [0.05, 0.1) is 11.7 Å². The number of fused-ring (bicyclic) bond motifs is 4. The van der Waals surface area contributed by atoms with Crippen molar-refractivity contribution in [2.75, 3.05) is 31.5 Å². The lowest BCUT2D eigenvalue weighted by Crippen LogP contribution is -2.49. The summed E-state index contributed by atoms with van der Waals surface area (Å²) in [5.74, 6) is 1.74. The SMILES string of the molecule is c1cc(NCC2CN3CCC2CC3)c2cn[nH]c2c1. The van der Waals surface area contributed by atoms with Crippen molar-refractivity contribution < 1.29 is 0 Å².